The lowest BCUT2D eigenvalue weighted by Gasteiger charge is -2.25. The number of nitrogens with two attached hydrogens (primary N) is 2. The van der Waals surface area contributed by atoms with E-state index in [9.17, 15) is 24.0 Å². The SMILES string of the molecule is CC(N)C(=O)NC(CC(N)=O)C(=O)NC(C(=O)NCC(=O)O)C(C)C. The molecule has 0 aliphatic heterocycles. The highest BCUT2D eigenvalue weighted by Gasteiger charge is 2.30. The summed E-state index contributed by atoms with van der Waals surface area (Å²) in [6, 6.07) is -3.28. The summed E-state index contributed by atoms with van der Waals surface area (Å²) in [4.78, 5) is 57.6. The first-order valence-corrected chi connectivity index (χ1v) is 7.59. The molecule has 0 heterocycles. The smallest absolute Gasteiger partial charge is 0.322 e. The Hall–Kier alpha value is -2.69. The monoisotopic (exact) mass is 359 g/mol. The van der Waals surface area contributed by atoms with E-state index in [0.717, 1.165) is 0 Å². The molecule has 0 spiro atoms. The lowest BCUT2D eigenvalue weighted by Crippen LogP contribution is -2.57. The van der Waals surface area contributed by atoms with Crippen molar-refractivity contribution in [2.24, 2.45) is 17.4 Å². The maximum absolute atomic E-state index is 12.3. The van der Waals surface area contributed by atoms with E-state index in [1.54, 1.807) is 13.8 Å². The normalized spacial score (nSPS) is 14.1. The molecule has 0 aromatic carbocycles. The van der Waals surface area contributed by atoms with Gasteiger partial charge in [0.15, 0.2) is 0 Å². The Morgan fingerprint density at radius 2 is 1.52 bits per heavy atom. The summed E-state index contributed by atoms with van der Waals surface area (Å²) in [7, 11) is 0. The molecule has 0 aliphatic carbocycles. The van der Waals surface area contributed by atoms with Gasteiger partial charge >= 0.3 is 5.97 Å². The molecule has 0 rings (SSSR count). The van der Waals surface area contributed by atoms with Crippen molar-refractivity contribution < 1.29 is 29.1 Å². The van der Waals surface area contributed by atoms with Gasteiger partial charge in [0.2, 0.25) is 23.6 Å². The van der Waals surface area contributed by atoms with Crippen molar-refractivity contribution in [2.45, 2.75) is 45.3 Å². The number of amides is 4. The molecule has 0 aromatic rings. The molecule has 11 nitrogen and oxygen atoms in total. The summed E-state index contributed by atoms with van der Waals surface area (Å²) >= 11 is 0. The molecule has 8 N–H and O–H groups in total. The zero-order valence-corrected chi connectivity index (χ0v) is 14.4. The first kappa shape index (κ1) is 22.3. The molecule has 0 bridgehead atoms. The Kier molecular flexibility index (Phi) is 9.13. The van der Waals surface area contributed by atoms with E-state index >= 15 is 0 Å². The Morgan fingerprint density at radius 3 is 1.92 bits per heavy atom. The number of nitrogens with one attached hydrogen (secondary N) is 3. The summed E-state index contributed by atoms with van der Waals surface area (Å²) < 4.78 is 0. The van der Waals surface area contributed by atoms with Crippen LogP contribution in [-0.4, -0.2) is 59.4 Å². The number of carboxylic acid groups (broad SMARTS) is 1. The molecular formula is C14H25N5O6. The third-order valence-corrected chi connectivity index (χ3v) is 3.11. The lowest BCUT2D eigenvalue weighted by molar-refractivity contribution is -0.139. The van der Waals surface area contributed by atoms with E-state index < -0.39 is 60.7 Å². The summed E-state index contributed by atoms with van der Waals surface area (Å²) in [6.07, 6.45) is -0.480. The van der Waals surface area contributed by atoms with Crippen molar-refractivity contribution in [3.05, 3.63) is 0 Å². The average molecular weight is 359 g/mol. The second-order valence-electron chi connectivity index (χ2n) is 5.86. The van der Waals surface area contributed by atoms with Crippen LogP contribution in [0.3, 0.4) is 0 Å². The van der Waals surface area contributed by atoms with Gasteiger partial charge in [-0.1, -0.05) is 13.8 Å². The van der Waals surface area contributed by atoms with E-state index in [2.05, 4.69) is 16.0 Å². The second-order valence-corrected chi connectivity index (χ2v) is 5.86. The van der Waals surface area contributed by atoms with E-state index in [4.69, 9.17) is 16.6 Å². The summed E-state index contributed by atoms with van der Waals surface area (Å²) in [6.45, 7) is 4.05. The van der Waals surface area contributed by atoms with Gasteiger partial charge in [-0.25, -0.2) is 0 Å². The van der Waals surface area contributed by atoms with Gasteiger partial charge in [0.25, 0.3) is 0 Å². The zero-order chi connectivity index (χ0) is 19.7. The predicted molar refractivity (Wildman–Crippen MR) is 86.8 cm³/mol. The number of hydrogen-bond donors (Lipinski definition) is 6. The van der Waals surface area contributed by atoms with E-state index in [0.29, 0.717) is 0 Å². The molecule has 3 atom stereocenters. The van der Waals surface area contributed by atoms with Crippen LogP contribution in [0, 0.1) is 5.92 Å². The molecular weight excluding hydrogens is 334 g/mol. The minimum Gasteiger partial charge on any atom is -0.480 e. The molecule has 0 radical (unpaired) electrons. The number of carboxylic acids is 1. The fourth-order valence-corrected chi connectivity index (χ4v) is 1.78. The Morgan fingerprint density at radius 1 is 0.960 bits per heavy atom. The Balaban J connectivity index is 5.11. The van der Waals surface area contributed by atoms with Crippen LogP contribution in [0.1, 0.15) is 27.2 Å². The molecule has 0 saturated heterocycles. The van der Waals surface area contributed by atoms with Crippen LogP contribution < -0.4 is 27.4 Å². The van der Waals surface area contributed by atoms with Gasteiger partial charge in [-0.3, -0.25) is 24.0 Å². The molecule has 0 aliphatic rings. The molecule has 0 fully saturated rings. The first-order valence-electron chi connectivity index (χ1n) is 7.59. The minimum absolute atomic E-state index is 0.379. The Labute approximate surface area is 144 Å². The van der Waals surface area contributed by atoms with Gasteiger partial charge in [0.1, 0.15) is 18.6 Å². The maximum atomic E-state index is 12.3. The van der Waals surface area contributed by atoms with Crippen LogP contribution in [0.25, 0.3) is 0 Å². The van der Waals surface area contributed by atoms with E-state index in [-0.39, 0.29) is 5.92 Å². The number of rotatable bonds is 10. The zero-order valence-electron chi connectivity index (χ0n) is 14.4. The van der Waals surface area contributed by atoms with Crippen LogP contribution in [-0.2, 0) is 24.0 Å². The topological polar surface area (TPSA) is 194 Å². The fourth-order valence-electron chi connectivity index (χ4n) is 1.78. The Bertz CT molecular complexity index is 534. The van der Waals surface area contributed by atoms with Gasteiger partial charge in [0.05, 0.1) is 12.5 Å². The van der Waals surface area contributed by atoms with Crippen LogP contribution in [0.5, 0.6) is 0 Å². The molecule has 0 aromatic heterocycles. The maximum Gasteiger partial charge on any atom is 0.322 e. The van der Waals surface area contributed by atoms with Gasteiger partial charge in [-0.2, -0.15) is 0 Å². The molecule has 25 heavy (non-hydrogen) atoms. The van der Waals surface area contributed by atoms with Crippen molar-refractivity contribution in [3.63, 3.8) is 0 Å². The minimum atomic E-state index is -1.30. The summed E-state index contributed by atoms with van der Waals surface area (Å²) in [5, 5.41) is 15.4. The molecule has 3 unspecified atom stereocenters. The average Bonchev–Trinajstić information content (AvgIpc) is 2.48. The largest absolute Gasteiger partial charge is 0.480 e. The quantitative estimate of drug-likeness (QED) is 0.239. The number of primary amides is 1. The second kappa shape index (κ2) is 10.2. The first-order chi connectivity index (χ1) is 11.5. The molecule has 4 amide bonds. The van der Waals surface area contributed by atoms with Gasteiger partial charge < -0.3 is 32.5 Å². The predicted octanol–water partition coefficient (Wildman–Crippen LogP) is -2.96. The highest BCUT2D eigenvalue weighted by Crippen LogP contribution is 2.04. The highest BCUT2D eigenvalue weighted by atomic mass is 16.4. The fraction of sp³-hybridized carbons (Fsp3) is 0.643. The van der Waals surface area contributed by atoms with Gasteiger partial charge in [-0.15, -0.1) is 0 Å². The van der Waals surface area contributed by atoms with Crippen LogP contribution in [0.4, 0.5) is 0 Å². The van der Waals surface area contributed by atoms with Crippen molar-refractivity contribution in [3.8, 4) is 0 Å². The highest BCUT2D eigenvalue weighted by molar-refractivity contribution is 5.95. The number of carbonyl (C=O) groups is 5. The van der Waals surface area contributed by atoms with Crippen molar-refractivity contribution in [1.29, 1.82) is 0 Å². The van der Waals surface area contributed by atoms with Gasteiger partial charge in [-0.05, 0) is 12.8 Å². The van der Waals surface area contributed by atoms with Crippen molar-refractivity contribution in [1.82, 2.24) is 16.0 Å². The van der Waals surface area contributed by atoms with Crippen LogP contribution in [0.15, 0.2) is 0 Å². The van der Waals surface area contributed by atoms with Crippen LogP contribution in [0.2, 0.25) is 0 Å². The lowest BCUT2D eigenvalue weighted by atomic mass is 10.0. The number of aliphatic carboxylic acids is 1. The molecule has 142 valence electrons. The third kappa shape index (κ3) is 8.65. The standard InChI is InChI=1S/C14H25N5O6/c1-6(2)11(14(25)17-5-10(21)22)19-13(24)8(4-9(16)20)18-12(23)7(3)15/h6-8,11H,4-5,15H2,1-3H3,(H2,16,20)(H,17,25)(H,18,23)(H,19,24)(H,21,22). The van der Waals surface area contributed by atoms with E-state index in [1.165, 1.54) is 6.92 Å². The molecule has 11 heteroatoms. The van der Waals surface area contributed by atoms with Crippen molar-refractivity contribution in [2.75, 3.05) is 6.54 Å². The number of carbonyl (C=O) groups excluding carboxylic acids is 4. The summed E-state index contributed by atoms with van der Waals surface area (Å²) in [5.41, 5.74) is 10.5. The van der Waals surface area contributed by atoms with E-state index in [1.807, 2.05) is 0 Å². The van der Waals surface area contributed by atoms with Crippen LogP contribution >= 0.6 is 0 Å². The third-order valence-electron chi connectivity index (χ3n) is 3.11. The summed E-state index contributed by atoms with van der Waals surface area (Å²) in [5.74, 6) is -4.63. The van der Waals surface area contributed by atoms with Gasteiger partial charge in [0, 0.05) is 0 Å². The molecule has 0 saturated carbocycles. The number of hydrogen-bond acceptors (Lipinski definition) is 6. The van der Waals surface area contributed by atoms with Crippen molar-refractivity contribution >= 4 is 29.6 Å².